The lowest BCUT2D eigenvalue weighted by Gasteiger charge is -2.23. The quantitative estimate of drug-likeness (QED) is 0.536. The summed E-state index contributed by atoms with van der Waals surface area (Å²) in [6.07, 6.45) is -0.250. The van der Waals surface area contributed by atoms with Gasteiger partial charge in [0.05, 0.1) is 6.10 Å². The predicted molar refractivity (Wildman–Crippen MR) is 63.4 cm³/mol. The maximum absolute atomic E-state index is 14.7. The van der Waals surface area contributed by atoms with Crippen molar-refractivity contribution in [1.82, 2.24) is 14.5 Å². The molecule has 0 amide bonds. The first-order chi connectivity index (χ1) is 9.31. The molecule has 0 saturated carbocycles. The predicted octanol–water partition coefficient (Wildman–Crippen LogP) is -2.09. The van der Waals surface area contributed by atoms with Crippen LogP contribution in [0.5, 0.6) is 0 Å². The highest BCUT2D eigenvalue weighted by Gasteiger charge is 2.59. The summed E-state index contributed by atoms with van der Waals surface area (Å²) in [5, 5.41) is 19.3. The van der Waals surface area contributed by atoms with Gasteiger partial charge in [-0.2, -0.15) is 4.98 Å². The third-order valence-electron chi connectivity index (χ3n) is 3.08. The lowest BCUT2D eigenvalue weighted by Crippen LogP contribution is -2.46. The van der Waals surface area contributed by atoms with E-state index < -0.39 is 41.6 Å². The summed E-state index contributed by atoms with van der Waals surface area (Å²) in [6.45, 7) is 1.28. The van der Waals surface area contributed by atoms with Gasteiger partial charge in [-0.3, -0.25) is 9.55 Å². The molecule has 1 aromatic rings. The van der Waals surface area contributed by atoms with Crippen LogP contribution in [-0.4, -0.2) is 48.7 Å². The monoisotopic (exact) mass is 285 g/mol. The van der Waals surface area contributed by atoms with Crippen LogP contribution in [0.15, 0.2) is 15.9 Å². The highest BCUT2D eigenvalue weighted by atomic mass is 19.1. The molecule has 0 spiro atoms. The van der Waals surface area contributed by atoms with Gasteiger partial charge in [-0.1, -0.05) is 5.92 Å². The van der Waals surface area contributed by atoms with E-state index in [1.54, 1.807) is 5.92 Å². The van der Waals surface area contributed by atoms with Crippen LogP contribution in [-0.2, 0) is 4.74 Å². The molecule has 108 valence electrons. The zero-order chi connectivity index (χ0) is 15.1. The zero-order valence-electron chi connectivity index (χ0n) is 10.4. The number of aliphatic hydroxyl groups excluding tert-OH is 2. The summed E-state index contributed by atoms with van der Waals surface area (Å²) >= 11 is 0. The Balaban J connectivity index is 2.53. The number of aliphatic hydroxyl groups is 2. The highest BCUT2D eigenvalue weighted by Crippen LogP contribution is 2.41. The van der Waals surface area contributed by atoms with Crippen molar-refractivity contribution in [1.29, 1.82) is 0 Å². The Hall–Kier alpha value is -2.02. The molecular formula is C11H12FN3O5. The number of aromatic nitrogens is 3. The van der Waals surface area contributed by atoms with Crippen molar-refractivity contribution in [3.05, 3.63) is 27.3 Å². The Morgan fingerprint density at radius 3 is 2.85 bits per heavy atom. The molecule has 1 aliphatic heterocycles. The van der Waals surface area contributed by atoms with Gasteiger partial charge < -0.3 is 14.9 Å². The van der Waals surface area contributed by atoms with Crippen LogP contribution in [0.25, 0.3) is 0 Å². The minimum Gasteiger partial charge on any atom is -0.391 e. The lowest BCUT2D eigenvalue weighted by atomic mass is 9.95. The summed E-state index contributed by atoms with van der Waals surface area (Å²) in [7, 11) is 0. The van der Waals surface area contributed by atoms with Crippen LogP contribution in [0.1, 0.15) is 13.2 Å². The minimum absolute atomic E-state index is 0.618. The Kier molecular flexibility index (Phi) is 3.47. The summed E-state index contributed by atoms with van der Waals surface area (Å²) in [4.78, 5) is 27.6. The number of halogens is 1. The molecule has 0 bridgehead atoms. The number of ether oxygens (including phenoxy) is 1. The molecule has 2 rings (SSSR count). The molecular weight excluding hydrogens is 273 g/mol. The molecule has 5 atom stereocenters. The third-order valence-corrected chi connectivity index (χ3v) is 3.08. The topological polar surface area (TPSA) is 117 Å². The number of nitrogens with one attached hydrogen (secondary N) is 1. The fraction of sp³-hybridized carbons (Fsp3) is 0.545. The molecule has 1 aromatic heterocycles. The first-order valence-corrected chi connectivity index (χ1v) is 5.67. The number of nitrogens with zero attached hydrogens (tertiary/aromatic N) is 2. The first-order valence-electron chi connectivity index (χ1n) is 5.67. The van der Waals surface area contributed by atoms with E-state index in [4.69, 9.17) is 11.2 Å². The SMILES string of the molecule is C#C[C@@]1(F)C(O)[C@@H]([C@@H](C)O)O[C@H]1n1cnc(=O)[nH]c1=O. The first kappa shape index (κ1) is 14.4. The second kappa shape index (κ2) is 4.82. The smallest absolute Gasteiger partial charge is 0.350 e. The average Bonchev–Trinajstić information content (AvgIpc) is 2.64. The van der Waals surface area contributed by atoms with Crippen molar-refractivity contribution < 1.29 is 19.3 Å². The second-order valence-electron chi connectivity index (χ2n) is 4.44. The molecule has 2 heterocycles. The van der Waals surface area contributed by atoms with Gasteiger partial charge in [-0.05, 0) is 6.92 Å². The molecule has 3 N–H and O–H groups in total. The number of hydrogen-bond acceptors (Lipinski definition) is 6. The maximum Gasteiger partial charge on any atom is 0.350 e. The third kappa shape index (κ3) is 2.03. The van der Waals surface area contributed by atoms with Gasteiger partial charge in [0.1, 0.15) is 18.5 Å². The number of alkyl halides is 1. The van der Waals surface area contributed by atoms with Crippen LogP contribution in [0.4, 0.5) is 4.39 Å². The molecule has 0 aromatic carbocycles. The summed E-state index contributed by atoms with van der Waals surface area (Å²) < 4.78 is 20.4. The Bertz CT molecular complexity index is 663. The van der Waals surface area contributed by atoms with E-state index >= 15 is 0 Å². The van der Waals surface area contributed by atoms with Crippen LogP contribution >= 0.6 is 0 Å². The van der Waals surface area contributed by atoms with Gasteiger partial charge in [0.25, 0.3) is 0 Å². The molecule has 1 fully saturated rings. The van der Waals surface area contributed by atoms with Crippen molar-refractivity contribution in [3.8, 4) is 12.3 Å². The van der Waals surface area contributed by atoms with Crippen LogP contribution in [0.2, 0.25) is 0 Å². The van der Waals surface area contributed by atoms with Crippen molar-refractivity contribution in [2.45, 2.75) is 37.1 Å². The van der Waals surface area contributed by atoms with Crippen molar-refractivity contribution >= 4 is 0 Å². The van der Waals surface area contributed by atoms with Gasteiger partial charge in [-0.25, -0.2) is 14.0 Å². The molecule has 9 heteroatoms. The zero-order valence-corrected chi connectivity index (χ0v) is 10.4. The number of rotatable bonds is 2. The van der Waals surface area contributed by atoms with Gasteiger partial charge in [0, 0.05) is 0 Å². The summed E-state index contributed by atoms with van der Waals surface area (Å²) in [5.41, 5.74) is -4.65. The van der Waals surface area contributed by atoms with Crippen molar-refractivity contribution in [2.75, 3.05) is 0 Å². The minimum atomic E-state index is -2.74. The Morgan fingerprint density at radius 1 is 1.70 bits per heavy atom. The Morgan fingerprint density at radius 2 is 2.35 bits per heavy atom. The van der Waals surface area contributed by atoms with Gasteiger partial charge >= 0.3 is 11.4 Å². The molecule has 0 aliphatic carbocycles. The number of aromatic amines is 1. The average molecular weight is 285 g/mol. The van der Waals surface area contributed by atoms with Gasteiger partial charge in [0.15, 0.2) is 6.23 Å². The molecule has 0 radical (unpaired) electrons. The van der Waals surface area contributed by atoms with Crippen LogP contribution < -0.4 is 11.4 Å². The second-order valence-corrected chi connectivity index (χ2v) is 4.44. The molecule has 1 unspecified atom stereocenters. The van der Waals surface area contributed by atoms with E-state index in [9.17, 15) is 24.2 Å². The largest absolute Gasteiger partial charge is 0.391 e. The lowest BCUT2D eigenvalue weighted by molar-refractivity contribution is -0.0807. The number of terminal acetylenes is 1. The molecule has 20 heavy (non-hydrogen) atoms. The summed E-state index contributed by atoms with van der Waals surface area (Å²) in [5.74, 6) is 1.73. The van der Waals surface area contributed by atoms with Crippen LogP contribution in [0.3, 0.4) is 0 Å². The molecule has 1 saturated heterocycles. The number of hydrogen-bond donors (Lipinski definition) is 3. The highest BCUT2D eigenvalue weighted by molar-refractivity contribution is 5.20. The van der Waals surface area contributed by atoms with Gasteiger partial charge in [-0.15, -0.1) is 6.42 Å². The summed E-state index contributed by atoms with van der Waals surface area (Å²) in [6, 6.07) is 0. The molecule has 8 nitrogen and oxygen atoms in total. The fourth-order valence-corrected chi connectivity index (χ4v) is 2.03. The maximum atomic E-state index is 14.7. The molecule has 1 aliphatic rings. The van der Waals surface area contributed by atoms with E-state index in [-0.39, 0.29) is 0 Å². The Labute approximate surface area is 111 Å². The van der Waals surface area contributed by atoms with Crippen LogP contribution in [0, 0.1) is 12.3 Å². The normalized spacial score (nSPS) is 34.6. The van der Waals surface area contributed by atoms with E-state index in [0.29, 0.717) is 4.57 Å². The number of H-pyrrole nitrogens is 1. The standard InChI is InChI=1S/C11H12FN3O5/c1-3-11(12)7(17)6(5(2)16)20-8(11)15-4-13-9(18)14-10(15)19/h1,4-8,16-17H,2H3,(H,14,18,19)/t5-,6-,7?,8-,11-/m1/s1. The van der Waals surface area contributed by atoms with E-state index in [1.165, 1.54) is 6.92 Å². The fourth-order valence-electron chi connectivity index (χ4n) is 2.03. The van der Waals surface area contributed by atoms with Gasteiger partial charge in [0.2, 0.25) is 5.67 Å². The van der Waals surface area contributed by atoms with Crippen molar-refractivity contribution in [2.24, 2.45) is 0 Å². The van der Waals surface area contributed by atoms with E-state index in [0.717, 1.165) is 6.33 Å². The van der Waals surface area contributed by atoms with E-state index in [1.807, 2.05) is 4.98 Å². The van der Waals surface area contributed by atoms with Crippen molar-refractivity contribution in [3.63, 3.8) is 0 Å². The van der Waals surface area contributed by atoms with E-state index in [2.05, 4.69) is 4.98 Å².